The fraction of sp³-hybridized carbons (Fsp3) is 0.952. The zero-order valence-electron chi connectivity index (χ0n) is 18.4. The van der Waals surface area contributed by atoms with E-state index in [4.69, 9.17) is 9.29 Å². The molecule has 1 aliphatic heterocycles. The highest BCUT2D eigenvalue weighted by Gasteiger charge is 2.47. The van der Waals surface area contributed by atoms with Gasteiger partial charge < -0.3 is 4.74 Å². The number of ether oxygens (including phenoxy) is 1. The minimum atomic E-state index is -4.57. The molecule has 7 nitrogen and oxygen atoms in total. The van der Waals surface area contributed by atoms with Gasteiger partial charge in [0.05, 0.1) is 11.5 Å². The van der Waals surface area contributed by atoms with Crippen LogP contribution in [0.2, 0.25) is 0 Å². The summed E-state index contributed by atoms with van der Waals surface area (Å²) in [6, 6.07) is 0. The topological polar surface area (TPSA) is 115 Å². The van der Waals surface area contributed by atoms with Crippen LogP contribution < -0.4 is 0 Å². The van der Waals surface area contributed by atoms with E-state index in [2.05, 4.69) is 6.92 Å². The maximum absolute atomic E-state index is 11.9. The Morgan fingerprint density at radius 2 is 1.27 bits per heavy atom. The summed E-state index contributed by atoms with van der Waals surface area (Å²) in [5.74, 6) is -1.87. The zero-order valence-corrected chi connectivity index (χ0v) is 20.0. The van der Waals surface area contributed by atoms with Crippen LogP contribution in [0, 0.1) is 0 Å². The summed E-state index contributed by atoms with van der Waals surface area (Å²) in [6.45, 7) is 2.23. The van der Waals surface area contributed by atoms with E-state index >= 15 is 0 Å². The molecule has 1 fully saturated rings. The maximum atomic E-state index is 11.9. The minimum Gasteiger partial charge on any atom is -0.460 e. The molecule has 0 saturated carbocycles. The average Bonchev–Trinajstić information content (AvgIpc) is 2.96. The molecule has 2 atom stereocenters. The van der Waals surface area contributed by atoms with Crippen LogP contribution in [0.4, 0.5) is 0 Å². The van der Waals surface area contributed by atoms with E-state index in [0.29, 0.717) is 6.42 Å². The van der Waals surface area contributed by atoms with Crippen molar-refractivity contribution in [1.29, 1.82) is 0 Å². The molecule has 0 aromatic rings. The molecule has 0 aromatic heterocycles. The first-order valence-electron chi connectivity index (χ1n) is 11.5. The molecule has 0 amide bonds. The summed E-state index contributed by atoms with van der Waals surface area (Å²) in [4.78, 5) is 11.9. The van der Waals surface area contributed by atoms with Gasteiger partial charge in [0.25, 0.3) is 10.1 Å². The van der Waals surface area contributed by atoms with E-state index in [1.54, 1.807) is 0 Å². The molecule has 0 aliphatic carbocycles. The third-order valence-corrected chi connectivity index (χ3v) is 8.80. The summed E-state index contributed by atoms with van der Waals surface area (Å²) >= 11 is 0. The molecule has 0 bridgehead atoms. The standard InChI is InChI=1S/C21H40O7S2/c1-2-3-4-5-6-7-8-9-10-11-12-13-14-15-16-21(22)28-19-17-29(23,24)18-20(19)30(25,26)27/h19-20H,2-18H2,1H3,(H,25,26,27)/t19-,20-/m1/s1. The van der Waals surface area contributed by atoms with Crippen molar-refractivity contribution in [2.24, 2.45) is 0 Å². The second-order valence-corrected chi connectivity index (χ2v) is 12.3. The van der Waals surface area contributed by atoms with Crippen LogP contribution in [0.1, 0.15) is 103 Å². The third-order valence-electron chi connectivity index (χ3n) is 5.65. The van der Waals surface area contributed by atoms with Crippen molar-refractivity contribution in [1.82, 2.24) is 0 Å². The molecule has 1 aliphatic rings. The number of carbonyl (C=O) groups is 1. The highest BCUT2D eigenvalue weighted by Crippen LogP contribution is 2.23. The summed E-state index contributed by atoms with van der Waals surface area (Å²) in [7, 11) is -8.21. The molecule has 0 unspecified atom stereocenters. The number of esters is 1. The monoisotopic (exact) mass is 468 g/mol. The quantitative estimate of drug-likeness (QED) is 0.190. The van der Waals surface area contributed by atoms with Crippen LogP contribution in [-0.2, 0) is 29.5 Å². The van der Waals surface area contributed by atoms with Crippen molar-refractivity contribution in [2.75, 3.05) is 11.5 Å². The van der Waals surface area contributed by atoms with Gasteiger partial charge in [-0.05, 0) is 6.42 Å². The molecular formula is C21H40O7S2. The SMILES string of the molecule is CCCCCCCCCCCCCCCCC(=O)O[C@@H]1CS(=O)(=O)C[C@H]1S(=O)(=O)O. The van der Waals surface area contributed by atoms with Crippen molar-refractivity contribution in [3.05, 3.63) is 0 Å². The lowest BCUT2D eigenvalue weighted by molar-refractivity contribution is -0.147. The van der Waals surface area contributed by atoms with Crippen molar-refractivity contribution in [2.45, 2.75) is 115 Å². The molecular weight excluding hydrogens is 428 g/mol. The lowest BCUT2D eigenvalue weighted by Crippen LogP contribution is -2.36. The van der Waals surface area contributed by atoms with Crippen molar-refractivity contribution in [3.8, 4) is 0 Å². The van der Waals surface area contributed by atoms with Crippen LogP contribution in [0.15, 0.2) is 0 Å². The predicted molar refractivity (Wildman–Crippen MR) is 119 cm³/mol. The van der Waals surface area contributed by atoms with E-state index in [1.165, 1.54) is 64.2 Å². The van der Waals surface area contributed by atoms with Gasteiger partial charge in [-0.15, -0.1) is 0 Å². The fourth-order valence-electron chi connectivity index (χ4n) is 3.86. The first kappa shape index (κ1) is 27.4. The first-order chi connectivity index (χ1) is 14.2. The first-order valence-corrected chi connectivity index (χ1v) is 14.8. The number of hydrogen-bond donors (Lipinski definition) is 1. The smallest absolute Gasteiger partial charge is 0.306 e. The van der Waals surface area contributed by atoms with E-state index < -0.39 is 48.8 Å². The summed E-state index contributed by atoms with van der Waals surface area (Å²) in [5.41, 5.74) is 0. The molecule has 178 valence electrons. The van der Waals surface area contributed by atoms with Gasteiger partial charge in [0.1, 0.15) is 11.4 Å². The van der Waals surface area contributed by atoms with Gasteiger partial charge in [0, 0.05) is 6.42 Å². The Morgan fingerprint density at radius 1 is 0.833 bits per heavy atom. The minimum absolute atomic E-state index is 0.132. The van der Waals surface area contributed by atoms with Gasteiger partial charge in [-0.25, -0.2) is 8.42 Å². The molecule has 0 radical (unpaired) electrons. The molecule has 1 N–H and O–H groups in total. The average molecular weight is 469 g/mol. The molecule has 1 rings (SSSR count). The number of rotatable bonds is 17. The van der Waals surface area contributed by atoms with E-state index in [0.717, 1.165) is 19.3 Å². The maximum Gasteiger partial charge on any atom is 0.306 e. The van der Waals surface area contributed by atoms with Crippen molar-refractivity contribution >= 4 is 25.9 Å². The van der Waals surface area contributed by atoms with Gasteiger partial charge in [-0.2, -0.15) is 8.42 Å². The number of hydrogen-bond acceptors (Lipinski definition) is 6. The second-order valence-electron chi connectivity index (χ2n) is 8.50. The van der Waals surface area contributed by atoms with Gasteiger partial charge in [0.15, 0.2) is 9.84 Å². The van der Waals surface area contributed by atoms with Crippen molar-refractivity contribution < 1.29 is 30.9 Å². The second kappa shape index (κ2) is 14.4. The van der Waals surface area contributed by atoms with Crippen LogP contribution in [-0.4, -0.2) is 50.2 Å². The Balaban J connectivity index is 2.02. The van der Waals surface area contributed by atoms with Gasteiger partial charge in [0.2, 0.25) is 0 Å². The molecule has 0 aromatic carbocycles. The molecule has 0 spiro atoms. The lowest BCUT2D eigenvalue weighted by Gasteiger charge is -2.16. The Labute approximate surface area is 183 Å². The molecule has 1 heterocycles. The highest BCUT2D eigenvalue weighted by atomic mass is 32.2. The summed E-state index contributed by atoms with van der Waals surface area (Å²) in [5, 5.41) is -1.58. The largest absolute Gasteiger partial charge is 0.460 e. The van der Waals surface area contributed by atoms with E-state index in [1.807, 2.05) is 0 Å². The summed E-state index contributed by atoms with van der Waals surface area (Å²) in [6.07, 6.45) is 15.6. The van der Waals surface area contributed by atoms with Crippen molar-refractivity contribution in [3.63, 3.8) is 0 Å². The fourth-order valence-corrected chi connectivity index (χ4v) is 7.48. The molecule has 1 saturated heterocycles. The Kier molecular flexibility index (Phi) is 13.1. The van der Waals surface area contributed by atoms with Gasteiger partial charge >= 0.3 is 5.97 Å². The number of carbonyl (C=O) groups excluding carboxylic acids is 1. The molecule has 9 heteroatoms. The van der Waals surface area contributed by atoms with E-state index in [-0.39, 0.29) is 6.42 Å². The molecule has 30 heavy (non-hydrogen) atoms. The summed E-state index contributed by atoms with van der Waals surface area (Å²) < 4.78 is 60.0. The Bertz CT molecular complexity index is 686. The van der Waals surface area contributed by atoms with Crippen LogP contribution in [0.25, 0.3) is 0 Å². The number of sulfone groups is 1. The van der Waals surface area contributed by atoms with E-state index in [9.17, 15) is 21.6 Å². The third kappa shape index (κ3) is 12.2. The lowest BCUT2D eigenvalue weighted by atomic mass is 10.0. The van der Waals surface area contributed by atoms with Crippen LogP contribution in [0.5, 0.6) is 0 Å². The Hall–Kier alpha value is -0.670. The number of unbranched alkanes of at least 4 members (excludes halogenated alkanes) is 13. The van der Waals surface area contributed by atoms with Gasteiger partial charge in [-0.3, -0.25) is 9.35 Å². The van der Waals surface area contributed by atoms with Crippen LogP contribution >= 0.6 is 0 Å². The highest BCUT2D eigenvalue weighted by molar-refractivity contribution is 7.94. The predicted octanol–water partition coefficient (Wildman–Crippen LogP) is 4.45. The normalized spacial score (nSPS) is 21.0. The zero-order chi connectivity index (χ0) is 22.5. The van der Waals surface area contributed by atoms with Gasteiger partial charge in [-0.1, -0.05) is 90.4 Å². The van der Waals surface area contributed by atoms with Crippen LogP contribution in [0.3, 0.4) is 0 Å². The Morgan fingerprint density at radius 3 is 1.70 bits per heavy atom.